The van der Waals surface area contributed by atoms with Crippen molar-refractivity contribution in [2.75, 3.05) is 0 Å². The predicted octanol–water partition coefficient (Wildman–Crippen LogP) is 2.45. The summed E-state index contributed by atoms with van der Waals surface area (Å²) in [7, 11) is 5.93. The summed E-state index contributed by atoms with van der Waals surface area (Å²) in [6, 6.07) is 0. The normalized spacial score (nSPS) is 12.0. The Labute approximate surface area is 47.5 Å². The Balaban J connectivity index is 3.17. The summed E-state index contributed by atoms with van der Waals surface area (Å²) < 4.78 is 1.25. The van der Waals surface area contributed by atoms with Gasteiger partial charge in [0.25, 0.3) is 0 Å². The van der Waals surface area contributed by atoms with Crippen LogP contribution < -0.4 is 0 Å². The Morgan fingerprint density at radius 3 is 1.67 bits per heavy atom. The molecule has 0 saturated heterocycles. The summed E-state index contributed by atoms with van der Waals surface area (Å²) in [5.74, 6) is 0. The molecule has 6 heavy (non-hydrogen) atoms. The van der Waals surface area contributed by atoms with Crippen molar-refractivity contribution < 1.29 is 0 Å². The van der Waals surface area contributed by atoms with Crippen molar-refractivity contribution in [3.05, 3.63) is 0 Å². The Morgan fingerprint density at radius 1 is 1.50 bits per heavy atom. The van der Waals surface area contributed by atoms with Crippen molar-refractivity contribution in [1.29, 1.82) is 0 Å². The topological polar surface area (TPSA) is 0 Å². The third-order valence-electron chi connectivity index (χ3n) is 0.841. The predicted molar refractivity (Wildman–Crippen MR) is 33.8 cm³/mol. The average molecular weight is 213 g/mol. The average Bonchev–Trinajstić information content (AvgIpc) is 1.35. The molecule has 0 aliphatic carbocycles. The quantitative estimate of drug-likeness (QED) is 0.587. The van der Waals surface area contributed by atoms with Gasteiger partial charge >= 0.3 is 47.4 Å². The SMILES string of the molecule is C[CH2][Sn]([CH3])([CH3])[Cl]. The molecule has 0 aromatic carbocycles. The molecule has 0 atom stereocenters. The molecule has 2 heteroatoms. The van der Waals surface area contributed by atoms with E-state index < -0.39 is 17.3 Å². The summed E-state index contributed by atoms with van der Waals surface area (Å²) in [5.41, 5.74) is 0. The van der Waals surface area contributed by atoms with Crippen LogP contribution in [0.25, 0.3) is 0 Å². The molecule has 0 rings (SSSR count). The van der Waals surface area contributed by atoms with E-state index in [4.69, 9.17) is 8.92 Å². The van der Waals surface area contributed by atoms with Gasteiger partial charge in [0.1, 0.15) is 0 Å². The molecule has 0 amide bonds. The Hall–Kier alpha value is 1.09. The van der Waals surface area contributed by atoms with E-state index in [0.29, 0.717) is 0 Å². The number of hydrogen-bond donors (Lipinski definition) is 0. The van der Waals surface area contributed by atoms with Crippen LogP contribution in [-0.2, 0) is 0 Å². The van der Waals surface area contributed by atoms with Crippen LogP contribution in [0.3, 0.4) is 0 Å². The molecule has 38 valence electrons. The zero-order valence-electron chi connectivity index (χ0n) is 4.59. The summed E-state index contributed by atoms with van der Waals surface area (Å²) in [4.78, 5) is 4.44. The van der Waals surface area contributed by atoms with E-state index in [9.17, 15) is 0 Å². The molecule has 0 aromatic heterocycles. The van der Waals surface area contributed by atoms with Crippen LogP contribution in [0.15, 0.2) is 0 Å². The van der Waals surface area contributed by atoms with E-state index in [0.717, 1.165) is 0 Å². The second-order valence-electron chi connectivity index (χ2n) is 2.07. The Morgan fingerprint density at radius 2 is 1.67 bits per heavy atom. The van der Waals surface area contributed by atoms with Gasteiger partial charge < -0.3 is 0 Å². The van der Waals surface area contributed by atoms with Gasteiger partial charge in [-0.25, -0.2) is 0 Å². The van der Waals surface area contributed by atoms with Crippen molar-refractivity contribution in [3.63, 3.8) is 0 Å². The fourth-order valence-electron chi connectivity index (χ4n) is 0. The van der Waals surface area contributed by atoms with Gasteiger partial charge in [0.2, 0.25) is 0 Å². The standard InChI is InChI=1S/C2H5.2CH3.ClH.Sn/c1-2;;;;/h1H2,2H3;2*1H3;1H;/q;;;;+1/p-1. The fraction of sp³-hybridized carbons (Fsp3) is 1.00. The first kappa shape index (κ1) is 7.09. The Kier molecular flexibility index (Phi) is 2.85. The molecular formula is C4H11ClSn. The van der Waals surface area contributed by atoms with E-state index in [1.165, 1.54) is 4.44 Å². The van der Waals surface area contributed by atoms with Crippen LogP contribution in [0, 0.1) is 0 Å². The number of hydrogen-bond acceptors (Lipinski definition) is 0. The van der Waals surface area contributed by atoms with Gasteiger partial charge in [-0.1, -0.05) is 0 Å². The van der Waals surface area contributed by atoms with Crippen molar-refractivity contribution in [3.8, 4) is 0 Å². The zero-order chi connectivity index (χ0) is 5.21. The fourth-order valence-corrected chi connectivity index (χ4v) is 0. The summed E-state index contributed by atoms with van der Waals surface area (Å²) >= 11 is -1.76. The van der Waals surface area contributed by atoms with E-state index in [-0.39, 0.29) is 0 Å². The molecule has 0 spiro atoms. The van der Waals surface area contributed by atoms with Gasteiger partial charge in [-0.2, -0.15) is 0 Å². The van der Waals surface area contributed by atoms with Gasteiger partial charge in [-0.3, -0.25) is 0 Å². The van der Waals surface area contributed by atoms with E-state index in [1.54, 1.807) is 0 Å². The first-order chi connectivity index (χ1) is 2.56. The van der Waals surface area contributed by atoms with Crippen molar-refractivity contribution in [2.45, 2.75) is 21.2 Å². The molecule has 0 aromatic rings. The van der Waals surface area contributed by atoms with Crippen molar-refractivity contribution >= 4 is 26.2 Å². The minimum atomic E-state index is -1.76. The molecule has 0 fully saturated rings. The molecule has 0 aliphatic heterocycles. The number of halogens is 1. The Bertz CT molecular complexity index is 37.3. The van der Waals surface area contributed by atoms with Gasteiger partial charge in [0.15, 0.2) is 0 Å². The van der Waals surface area contributed by atoms with Crippen LogP contribution in [0.5, 0.6) is 0 Å². The summed E-state index contributed by atoms with van der Waals surface area (Å²) in [5, 5.41) is 0. The van der Waals surface area contributed by atoms with Gasteiger partial charge in [-0.15, -0.1) is 0 Å². The first-order valence-corrected chi connectivity index (χ1v) is 13.6. The maximum absolute atomic E-state index is 5.93. The molecule has 0 unspecified atom stereocenters. The molecule has 0 nitrogen and oxygen atoms in total. The minimum absolute atomic E-state index is 1.25. The monoisotopic (exact) mass is 214 g/mol. The van der Waals surface area contributed by atoms with Crippen LogP contribution in [0.1, 0.15) is 6.92 Å². The zero-order valence-corrected chi connectivity index (χ0v) is 8.20. The van der Waals surface area contributed by atoms with Crippen LogP contribution >= 0.6 is 8.92 Å². The first-order valence-electron chi connectivity index (χ1n) is 2.25. The van der Waals surface area contributed by atoms with Crippen molar-refractivity contribution in [2.24, 2.45) is 0 Å². The molecule has 0 aliphatic rings. The van der Waals surface area contributed by atoms with E-state index >= 15 is 0 Å². The molecule has 0 N–H and O–H groups in total. The van der Waals surface area contributed by atoms with Gasteiger partial charge in [0, 0.05) is 0 Å². The molecule has 0 radical (unpaired) electrons. The molecular weight excluding hydrogens is 202 g/mol. The second-order valence-corrected chi connectivity index (χ2v) is 20.8. The van der Waals surface area contributed by atoms with Crippen LogP contribution in [0.4, 0.5) is 0 Å². The van der Waals surface area contributed by atoms with Crippen LogP contribution in [-0.4, -0.2) is 17.3 Å². The summed E-state index contributed by atoms with van der Waals surface area (Å²) in [6.07, 6.45) is 0. The summed E-state index contributed by atoms with van der Waals surface area (Å²) in [6.45, 7) is 2.17. The van der Waals surface area contributed by atoms with Crippen LogP contribution in [0.2, 0.25) is 14.3 Å². The molecule has 0 saturated carbocycles. The van der Waals surface area contributed by atoms with Gasteiger partial charge in [-0.05, 0) is 0 Å². The van der Waals surface area contributed by atoms with Crippen molar-refractivity contribution in [1.82, 2.24) is 0 Å². The van der Waals surface area contributed by atoms with Gasteiger partial charge in [0.05, 0.1) is 0 Å². The molecule has 0 heterocycles. The third-order valence-corrected chi connectivity index (χ3v) is 7.43. The second kappa shape index (κ2) is 2.41. The third kappa shape index (κ3) is 5.09. The van der Waals surface area contributed by atoms with E-state index in [1.807, 2.05) is 0 Å². The van der Waals surface area contributed by atoms with E-state index in [2.05, 4.69) is 16.8 Å². The molecule has 0 bridgehead atoms. The number of rotatable bonds is 1. The maximum atomic E-state index is 5.93.